The number of nitrogens with zero attached hydrogens (tertiary/aromatic N) is 5. The highest BCUT2D eigenvalue weighted by atomic mass is 35.5. The summed E-state index contributed by atoms with van der Waals surface area (Å²) in [6.45, 7) is 11.1. The van der Waals surface area contributed by atoms with Crippen LogP contribution in [0.1, 0.15) is 49.1 Å². The standard InChI is InChI=1S/C22H26ClN5/c1-15-18(20(23)28(26-15)17-8-6-5-7-9-17)14-27-11-10-19-16(13-27)12-24-21(25-19)22(2,3)4/h5-9,12H,10-11,13-14H2,1-4H3. The van der Waals surface area contributed by atoms with Crippen LogP contribution >= 0.6 is 11.6 Å². The van der Waals surface area contributed by atoms with Crippen LogP contribution in [0.25, 0.3) is 5.69 Å². The van der Waals surface area contributed by atoms with Crippen molar-refractivity contribution in [3.8, 4) is 5.69 Å². The molecule has 4 rings (SSSR count). The Morgan fingerprint density at radius 3 is 2.61 bits per heavy atom. The minimum Gasteiger partial charge on any atom is -0.294 e. The van der Waals surface area contributed by atoms with Crippen molar-refractivity contribution in [3.63, 3.8) is 0 Å². The molecule has 3 aromatic rings. The van der Waals surface area contributed by atoms with Crippen molar-refractivity contribution < 1.29 is 0 Å². The number of halogens is 1. The molecule has 0 aliphatic carbocycles. The molecule has 0 bridgehead atoms. The van der Waals surface area contributed by atoms with E-state index >= 15 is 0 Å². The molecule has 28 heavy (non-hydrogen) atoms. The van der Waals surface area contributed by atoms with Crippen LogP contribution in [-0.2, 0) is 24.9 Å². The summed E-state index contributed by atoms with van der Waals surface area (Å²) in [4.78, 5) is 11.8. The van der Waals surface area contributed by atoms with Crippen LogP contribution in [0.2, 0.25) is 5.15 Å². The Bertz CT molecular complexity index is 988. The van der Waals surface area contributed by atoms with E-state index in [1.54, 1.807) is 0 Å². The third-order valence-corrected chi connectivity index (χ3v) is 5.58. The summed E-state index contributed by atoms with van der Waals surface area (Å²) in [5, 5.41) is 5.35. The molecular weight excluding hydrogens is 370 g/mol. The molecule has 146 valence electrons. The summed E-state index contributed by atoms with van der Waals surface area (Å²) < 4.78 is 1.82. The van der Waals surface area contributed by atoms with E-state index in [4.69, 9.17) is 16.6 Å². The molecular formula is C22H26ClN5. The third-order valence-electron chi connectivity index (χ3n) is 5.19. The van der Waals surface area contributed by atoms with Gasteiger partial charge in [-0.2, -0.15) is 5.10 Å². The fourth-order valence-electron chi connectivity index (χ4n) is 3.55. The number of aromatic nitrogens is 4. The Balaban J connectivity index is 1.55. The highest BCUT2D eigenvalue weighted by Gasteiger charge is 2.24. The topological polar surface area (TPSA) is 46.8 Å². The lowest BCUT2D eigenvalue weighted by molar-refractivity contribution is 0.241. The molecule has 0 saturated heterocycles. The maximum atomic E-state index is 6.70. The smallest absolute Gasteiger partial charge is 0.137 e. The Kier molecular flexibility index (Phi) is 4.98. The first-order chi connectivity index (χ1) is 13.3. The van der Waals surface area contributed by atoms with E-state index in [2.05, 4.69) is 35.8 Å². The molecule has 6 heteroatoms. The molecule has 0 saturated carbocycles. The van der Waals surface area contributed by atoms with Crippen LogP contribution in [0.4, 0.5) is 0 Å². The number of hydrogen-bond acceptors (Lipinski definition) is 4. The lowest BCUT2D eigenvalue weighted by Gasteiger charge is -2.29. The van der Waals surface area contributed by atoms with E-state index in [1.807, 2.05) is 48.1 Å². The first-order valence-electron chi connectivity index (χ1n) is 9.70. The van der Waals surface area contributed by atoms with Gasteiger partial charge in [0.2, 0.25) is 0 Å². The maximum absolute atomic E-state index is 6.70. The summed E-state index contributed by atoms with van der Waals surface area (Å²) in [7, 11) is 0. The van der Waals surface area contributed by atoms with Gasteiger partial charge in [-0.1, -0.05) is 50.6 Å². The fourth-order valence-corrected chi connectivity index (χ4v) is 3.88. The monoisotopic (exact) mass is 395 g/mol. The minimum atomic E-state index is -0.0250. The van der Waals surface area contributed by atoms with Crippen LogP contribution < -0.4 is 0 Å². The minimum absolute atomic E-state index is 0.0250. The molecule has 0 N–H and O–H groups in total. The highest BCUT2D eigenvalue weighted by Crippen LogP contribution is 2.27. The van der Waals surface area contributed by atoms with Gasteiger partial charge in [0.25, 0.3) is 0 Å². The van der Waals surface area contributed by atoms with Crippen molar-refractivity contribution in [2.24, 2.45) is 0 Å². The zero-order valence-corrected chi connectivity index (χ0v) is 17.7. The van der Waals surface area contributed by atoms with E-state index in [0.717, 1.165) is 48.8 Å². The summed E-state index contributed by atoms with van der Waals surface area (Å²) in [6.07, 6.45) is 2.93. The van der Waals surface area contributed by atoms with Crippen LogP contribution in [0.15, 0.2) is 36.5 Å². The van der Waals surface area contributed by atoms with Gasteiger partial charge in [-0.3, -0.25) is 4.90 Å². The van der Waals surface area contributed by atoms with Crippen molar-refractivity contribution in [2.75, 3.05) is 6.54 Å². The van der Waals surface area contributed by atoms with Gasteiger partial charge >= 0.3 is 0 Å². The van der Waals surface area contributed by atoms with E-state index in [0.29, 0.717) is 5.15 Å². The molecule has 0 radical (unpaired) electrons. The van der Waals surface area contributed by atoms with Crippen molar-refractivity contribution in [3.05, 3.63) is 70.0 Å². The van der Waals surface area contributed by atoms with Gasteiger partial charge in [0.15, 0.2) is 0 Å². The van der Waals surface area contributed by atoms with Crippen molar-refractivity contribution in [2.45, 2.75) is 52.6 Å². The summed E-state index contributed by atoms with van der Waals surface area (Å²) in [5.74, 6) is 0.919. The number of benzene rings is 1. The lowest BCUT2D eigenvalue weighted by atomic mass is 9.95. The largest absolute Gasteiger partial charge is 0.294 e. The Morgan fingerprint density at radius 2 is 1.89 bits per heavy atom. The second kappa shape index (κ2) is 7.30. The third kappa shape index (κ3) is 3.69. The Hall–Kier alpha value is -2.24. The van der Waals surface area contributed by atoms with Gasteiger partial charge < -0.3 is 0 Å². The summed E-state index contributed by atoms with van der Waals surface area (Å²) >= 11 is 6.70. The average molecular weight is 396 g/mol. The molecule has 1 aromatic carbocycles. The van der Waals surface area contributed by atoms with Gasteiger partial charge in [0.05, 0.1) is 11.4 Å². The zero-order valence-electron chi connectivity index (χ0n) is 16.9. The molecule has 2 aromatic heterocycles. The summed E-state index contributed by atoms with van der Waals surface area (Å²) in [6, 6.07) is 10.0. The van der Waals surface area contributed by atoms with E-state index in [-0.39, 0.29) is 5.41 Å². The lowest BCUT2D eigenvalue weighted by Crippen LogP contribution is -2.32. The van der Waals surface area contributed by atoms with Gasteiger partial charge in [-0.25, -0.2) is 14.6 Å². The second-order valence-electron chi connectivity index (χ2n) is 8.48. The fraction of sp³-hybridized carbons (Fsp3) is 0.409. The number of para-hydroxylation sites is 1. The van der Waals surface area contributed by atoms with Gasteiger partial charge in [-0.05, 0) is 19.1 Å². The number of fused-ring (bicyclic) bond motifs is 1. The van der Waals surface area contributed by atoms with E-state index < -0.39 is 0 Å². The normalized spacial score (nSPS) is 14.9. The molecule has 0 amide bonds. The van der Waals surface area contributed by atoms with Gasteiger partial charge in [-0.15, -0.1) is 0 Å². The number of aryl methyl sites for hydroxylation is 1. The number of hydrogen-bond donors (Lipinski definition) is 0. The van der Waals surface area contributed by atoms with Crippen LogP contribution in [0, 0.1) is 6.92 Å². The SMILES string of the molecule is Cc1nn(-c2ccccc2)c(Cl)c1CN1CCc2nc(C(C)(C)C)ncc2C1. The molecule has 0 unspecified atom stereocenters. The predicted molar refractivity (Wildman–Crippen MR) is 112 cm³/mol. The summed E-state index contributed by atoms with van der Waals surface area (Å²) in [5.41, 5.74) is 5.40. The van der Waals surface area contributed by atoms with E-state index in [9.17, 15) is 0 Å². The van der Waals surface area contributed by atoms with Gasteiger partial charge in [0.1, 0.15) is 11.0 Å². The maximum Gasteiger partial charge on any atom is 0.137 e. The average Bonchev–Trinajstić information content (AvgIpc) is 2.96. The number of rotatable bonds is 3. The first-order valence-corrected chi connectivity index (χ1v) is 10.1. The molecule has 5 nitrogen and oxygen atoms in total. The Morgan fingerprint density at radius 1 is 1.14 bits per heavy atom. The molecule has 0 atom stereocenters. The molecule has 1 aliphatic heterocycles. The van der Waals surface area contributed by atoms with Crippen LogP contribution in [-0.4, -0.2) is 31.2 Å². The van der Waals surface area contributed by atoms with E-state index in [1.165, 1.54) is 11.3 Å². The molecule has 1 aliphatic rings. The van der Waals surface area contributed by atoms with Crippen LogP contribution in [0.3, 0.4) is 0 Å². The quantitative estimate of drug-likeness (QED) is 0.656. The Labute approximate surface area is 171 Å². The first kappa shape index (κ1) is 19.1. The van der Waals surface area contributed by atoms with Gasteiger partial charge in [0, 0.05) is 54.5 Å². The molecule has 3 heterocycles. The van der Waals surface area contributed by atoms with Crippen molar-refractivity contribution in [1.82, 2.24) is 24.6 Å². The second-order valence-corrected chi connectivity index (χ2v) is 8.84. The molecule has 0 spiro atoms. The predicted octanol–water partition coefficient (Wildman–Crippen LogP) is 4.48. The van der Waals surface area contributed by atoms with Crippen molar-refractivity contribution >= 4 is 11.6 Å². The highest BCUT2D eigenvalue weighted by molar-refractivity contribution is 6.30. The van der Waals surface area contributed by atoms with Crippen LogP contribution in [0.5, 0.6) is 0 Å². The molecule has 0 fully saturated rings. The van der Waals surface area contributed by atoms with Crippen molar-refractivity contribution in [1.29, 1.82) is 0 Å². The zero-order chi connectivity index (χ0) is 19.9.